The monoisotopic (exact) mass is 269 g/mol. The van der Waals surface area contributed by atoms with Crippen LogP contribution in [0.4, 0.5) is 11.4 Å². The normalized spacial score (nSPS) is 10.1. The minimum absolute atomic E-state index is 0.130. The van der Waals surface area contributed by atoms with E-state index in [2.05, 4.69) is 10.3 Å². The van der Waals surface area contributed by atoms with E-state index in [1.807, 2.05) is 18.2 Å². The molecule has 0 aliphatic heterocycles. The molecule has 0 saturated heterocycles. The first-order valence-electron chi connectivity index (χ1n) is 6.13. The minimum Gasteiger partial charge on any atom is -0.397 e. The first-order chi connectivity index (χ1) is 9.49. The van der Waals surface area contributed by atoms with E-state index >= 15 is 0 Å². The second-order valence-corrected chi connectivity index (χ2v) is 4.44. The van der Waals surface area contributed by atoms with Crippen molar-refractivity contribution in [2.45, 2.75) is 13.8 Å². The maximum absolute atomic E-state index is 12.2. The van der Waals surface area contributed by atoms with Gasteiger partial charge in [-0.2, -0.15) is 0 Å². The molecular formula is C15H15N3O2. The molecule has 0 saturated carbocycles. The molecule has 1 aromatic heterocycles. The number of nitrogens with two attached hydrogens (primary N) is 1. The van der Waals surface area contributed by atoms with E-state index in [0.29, 0.717) is 17.1 Å². The summed E-state index contributed by atoms with van der Waals surface area (Å²) in [6.45, 7) is 3.07. The van der Waals surface area contributed by atoms with E-state index in [9.17, 15) is 9.59 Å². The lowest BCUT2D eigenvalue weighted by Gasteiger charge is -2.10. The Morgan fingerprint density at radius 3 is 2.45 bits per heavy atom. The number of amides is 1. The van der Waals surface area contributed by atoms with E-state index in [-0.39, 0.29) is 17.0 Å². The number of ketones is 1. The molecule has 2 aromatic rings. The largest absolute Gasteiger partial charge is 0.397 e. The van der Waals surface area contributed by atoms with E-state index in [4.69, 9.17) is 5.73 Å². The fourth-order valence-electron chi connectivity index (χ4n) is 1.78. The third kappa shape index (κ3) is 2.83. The number of benzene rings is 1. The van der Waals surface area contributed by atoms with Crippen LogP contribution in [0.25, 0.3) is 0 Å². The molecule has 0 bridgehead atoms. The molecule has 5 nitrogen and oxygen atoms in total. The van der Waals surface area contributed by atoms with Crippen LogP contribution >= 0.6 is 0 Å². The molecule has 0 aliphatic rings. The first-order valence-corrected chi connectivity index (χ1v) is 6.13. The number of hydrogen-bond acceptors (Lipinski definition) is 4. The number of nitrogen functional groups attached to an aromatic ring is 1. The van der Waals surface area contributed by atoms with E-state index < -0.39 is 5.91 Å². The summed E-state index contributed by atoms with van der Waals surface area (Å²) < 4.78 is 0. The topological polar surface area (TPSA) is 85.1 Å². The molecule has 0 fully saturated rings. The number of para-hydroxylation sites is 1. The summed E-state index contributed by atoms with van der Waals surface area (Å²) in [5.74, 6) is -0.674. The second-order valence-electron chi connectivity index (χ2n) is 4.44. The zero-order valence-electron chi connectivity index (χ0n) is 11.3. The third-order valence-corrected chi connectivity index (χ3v) is 2.86. The van der Waals surface area contributed by atoms with Crippen LogP contribution in [0.15, 0.2) is 36.4 Å². The summed E-state index contributed by atoms with van der Waals surface area (Å²) in [4.78, 5) is 27.9. The number of carbonyl (C=O) groups excluding carboxylic acids is 2. The fraction of sp³-hybridized carbons (Fsp3) is 0.133. The van der Waals surface area contributed by atoms with Gasteiger partial charge in [0, 0.05) is 12.6 Å². The van der Waals surface area contributed by atoms with Crippen molar-refractivity contribution in [1.82, 2.24) is 4.98 Å². The quantitative estimate of drug-likeness (QED) is 0.838. The van der Waals surface area contributed by atoms with Gasteiger partial charge in [-0.3, -0.25) is 9.59 Å². The standard InChI is InChI=1S/C15H15N3O2/c1-9-13(16)8-12(14(17-9)10(2)19)15(20)18-11-6-4-3-5-7-11/h3-8H,16H2,1-2H3,(H,18,20). The smallest absolute Gasteiger partial charge is 0.258 e. The highest BCUT2D eigenvalue weighted by Crippen LogP contribution is 2.17. The van der Waals surface area contributed by atoms with Crippen LogP contribution in [0.1, 0.15) is 33.5 Å². The number of nitrogens with one attached hydrogen (secondary N) is 1. The van der Waals surface area contributed by atoms with Crippen molar-refractivity contribution in [1.29, 1.82) is 0 Å². The number of rotatable bonds is 3. The van der Waals surface area contributed by atoms with Gasteiger partial charge in [-0.25, -0.2) is 4.98 Å². The first kappa shape index (κ1) is 13.7. The predicted molar refractivity (Wildman–Crippen MR) is 77.8 cm³/mol. The van der Waals surface area contributed by atoms with Crippen molar-refractivity contribution in [2.75, 3.05) is 11.1 Å². The van der Waals surface area contributed by atoms with Crippen LogP contribution in [0, 0.1) is 6.92 Å². The summed E-state index contributed by atoms with van der Waals surface area (Å²) in [6, 6.07) is 10.5. The van der Waals surface area contributed by atoms with Gasteiger partial charge in [0.25, 0.3) is 5.91 Å². The molecule has 0 atom stereocenters. The highest BCUT2D eigenvalue weighted by Gasteiger charge is 2.18. The Kier molecular flexibility index (Phi) is 3.79. The van der Waals surface area contributed by atoms with E-state index in [1.54, 1.807) is 19.1 Å². The molecule has 20 heavy (non-hydrogen) atoms. The Balaban J connectivity index is 2.39. The summed E-state index contributed by atoms with van der Waals surface area (Å²) in [5, 5.41) is 2.71. The van der Waals surface area contributed by atoms with Crippen molar-refractivity contribution in [2.24, 2.45) is 0 Å². The Morgan fingerprint density at radius 1 is 1.20 bits per heavy atom. The summed E-state index contributed by atoms with van der Waals surface area (Å²) in [7, 11) is 0. The van der Waals surface area contributed by atoms with Gasteiger partial charge in [0.1, 0.15) is 5.69 Å². The highest BCUT2D eigenvalue weighted by molar-refractivity contribution is 6.11. The predicted octanol–water partition coefficient (Wildman–Crippen LogP) is 2.43. The number of aromatic nitrogens is 1. The number of hydrogen-bond donors (Lipinski definition) is 2. The number of Topliss-reactive ketones (excluding diaryl/α,β-unsaturated/α-hetero) is 1. The molecule has 0 unspecified atom stereocenters. The lowest BCUT2D eigenvalue weighted by atomic mass is 10.1. The molecule has 5 heteroatoms. The number of nitrogens with zero attached hydrogens (tertiary/aromatic N) is 1. The van der Waals surface area contributed by atoms with Crippen LogP contribution in [0.5, 0.6) is 0 Å². The number of aryl methyl sites for hydroxylation is 1. The molecule has 1 aromatic carbocycles. The van der Waals surface area contributed by atoms with Gasteiger partial charge < -0.3 is 11.1 Å². The van der Waals surface area contributed by atoms with Gasteiger partial charge >= 0.3 is 0 Å². The van der Waals surface area contributed by atoms with Crippen molar-refractivity contribution >= 4 is 23.1 Å². The van der Waals surface area contributed by atoms with Gasteiger partial charge in [0.2, 0.25) is 0 Å². The molecule has 0 spiro atoms. The number of anilines is 2. The molecule has 0 aliphatic carbocycles. The maximum Gasteiger partial charge on any atom is 0.258 e. The van der Waals surface area contributed by atoms with Crippen molar-refractivity contribution in [3.05, 3.63) is 53.3 Å². The summed E-state index contributed by atoms with van der Waals surface area (Å²) >= 11 is 0. The number of pyridine rings is 1. The van der Waals surface area contributed by atoms with Crippen LogP contribution in [-0.4, -0.2) is 16.7 Å². The number of carbonyl (C=O) groups is 2. The van der Waals surface area contributed by atoms with Crippen molar-refractivity contribution in [3.63, 3.8) is 0 Å². The van der Waals surface area contributed by atoms with Gasteiger partial charge in [-0.15, -0.1) is 0 Å². The highest BCUT2D eigenvalue weighted by atomic mass is 16.2. The Bertz CT molecular complexity index is 666. The molecule has 0 radical (unpaired) electrons. The third-order valence-electron chi connectivity index (χ3n) is 2.86. The molecular weight excluding hydrogens is 254 g/mol. The minimum atomic E-state index is -0.402. The average Bonchev–Trinajstić information content (AvgIpc) is 2.42. The summed E-state index contributed by atoms with van der Waals surface area (Å²) in [6.07, 6.45) is 0. The lowest BCUT2D eigenvalue weighted by molar-refractivity contribution is 0.0981. The van der Waals surface area contributed by atoms with Crippen LogP contribution in [-0.2, 0) is 0 Å². The Hall–Kier alpha value is -2.69. The van der Waals surface area contributed by atoms with E-state index in [0.717, 1.165) is 0 Å². The Morgan fingerprint density at radius 2 is 1.85 bits per heavy atom. The van der Waals surface area contributed by atoms with E-state index in [1.165, 1.54) is 13.0 Å². The van der Waals surface area contributed by atoms with Crippen LogP contribution in [0.3, 0.4) is 0 Å². The molecule has 102 valence electrons. The maximum atomic E-state index is 12.2. The average molecular weight is 269 g/mol. The Labute approximate surface area is 116 Å². The van der Waals surface area contributed by atoms with Gasteiger partial charge in [-0.1, -0.05) is 18.2 Å². The summed E-state index contributed by atoms with van der Waals surface area (Å²) in [5.41, 5.74) is 7.64. The van der Waals surface area contributed by atoms with Crippen molar-refractivity contribution < 1.29 is 9.59 Å². The molecule has 2 rings (SSSR count). The zero-order valence-corrected chi connectivity index (χ0v) is 11.3. The van der Waals surface area contributed by atoms with Crippen molar-refractivity contribution in [3.8, 4) is 0 Å². The van der Waals surface area contributed by atoms with Gasteiger partial charge in [0.15, 0.2) is 5.78 Å². The van der Waals surface area contributed by atoms with Crippen LogP contribution < -0.4 is 11.1 Å². The molecule has 3 N–H and O–H groups in total. The van der Waals surface area contributed by atoms with Gasteiger partial charge in [0.05, 0.1) is 16.9 Å². The van der Waals surface area contributed by atoms with Crippen LogP contribution in [0.2, 0.25) is 0 Å². The second kappa shape index (κ2) is 5.52. The molecule has 1 amide bonds. The zero-order chi connectivity index (χ0) is 14.7. The molecule has 1 heterocycles. The fourth-order valence-corrected chi connectivity index (χ4v) is 1.78. The SMILES string of the molecule is CC(=O)c1nc(C)c(N)cc1C(=O)Nc1ccccc1. The van der Waals surface area contributed by atoms with Gasteiger partial charge in [-0.05, 0) is 25.1 Å². The lowest BCUT2D eigenvalue weighted by Crippen LogP contribution is -2.18.